The van der Waals surface area contributed by atoms with Crippen molar-refractivity contribution >= 4 is 0 Å². The topological polar surface area (TPSA) is 21.7 Å². The van der Waals surface area contributed by atoms with E-state index in [1.807, 2.05) is 29.2 Å². The predicted octanol–water partition coefficient (Wildman–Crippen LogP) is 3.19. The largest absolute Gasteiger partial charge is 0.493 e. The summed E-state index contributed by atoms with van der Waals surface area (Å²) in [5.41, 5.74) is 1.08. The molecule has 0 aliphatic carbocycles. The quantitative estimate of drug-likeness (QED) is 0.805. The molecule has 0 saturated carbocycles. The Balaban J connectivity index is 1.91. The fourth-order valence-corrected chi connectivity index (χ4v) is 2.28. The lowest BCUT2D eigenvalue weighted by atomic mass is 10.1. The lowest BCUT2D eigenvalue weighted by Crippen LogP contribution is -2.45. The second kappa shape index (κ2) is 7.71. The molecule has 3 nitrogen and oxygen atoms in total. The highest BCUT2D eigenvalue weighted by molar-refractivity contribution is 5.28. The number of ether oxygens (including phenoxy) is 2. The molecule has 1 aromatic rings. The van der Waals surface area contributed by atoms with Crippen molar-refractivity contribution in [2.24, 2.45) is 5.92 Å². The molecule has 2 rings (SSSR count). The van der Waals surface area contributed by atoms with E-state index in [1.54, 1.807) is 0 Å². The van der Waals surface area contributed by atoms with Crippen LogP contribution in [0.4, 0.5) is 8.78 Å². The van der Waals surface area contributed by atoms with Gasteiger partial charge in [-0.2, -0.15) is 0 Å². The number of hydrogen-bond donors (Lipinski definition) is 0. The van der Waals surface area contributed by atoms with Gasteiger partial charge in [-0.05, 0) is 23.6 Å². The van der Waals surface area contributed by atoms with Gasteiger partial charge in [-0.1, -0.05) is 26.0 Å². The molecule has 1 aliphatic heterocycles. The molecule has 0 bridgehead atoms. The van der Waals surface area contributed by atoms with Gasteiger partial charge < -0.3 is 9.47 Å². The van der Waals surface area contributed by atoms with Crippen LogP contribution >= 0.6 is 0 Å². The molecule has 1 aromatic carbocycles. The maximum absolute atomic E-state index is 12.7. The van der Waals surface area contributed by atoms with Crippen LogP contribution in [0.15, 0.2) is 24.3 Å². The molecular weight excluding hydrogens is 276 g/mol. The fourth-order valence-electron chi connectivity index (χ4n) is 2.28. The zero-order valence-corrected chi connectivity index (χ0v) is 12.6. The van der Waals surface area contributed by atoms with Gasteiger partial charge in [0.25, 0.3) is 6.43 Å². The molecule has 0 radical (unpaired) electrons. The maximum Gasteiger partial charge on any atom is 0.265 e. The van der Waals surface area contributed by atoms with Crippen molar-refractivity contribution in [2.75, 3.05) is 26.3 Å². The monoisotopic (exact) mass is 299 g/mol. The van der Waals surface area contributed by atoms with Crippen LogP contribution in [0.3, 0.4) is 0 Å². The van der Waals surface area contributed by atoms with E-state index in [4.69, 9.17) is 9.47 Å². The number of hydrogen-bond acceptors (Lipinski definition) is 3. The van der Waals surface area contributed by atoms with Crippen LogP contribution in [0.2, 0.25) is 0 Å². The van der Waals surface area contributed by atoms with Crippen molar-refractivity contribution in [1.29, 1.82) is 0 Å². The Morgan fingerprint density at radius 3 is 2.90 bits per heavy atom. The van der Waals surface area contributed by atoms with Crippen LogP contribution in [0, 0.1) is 5.92 Å². The highest BCUT2D eigenvalue weighted by Gasteiger charge is 2.27. The minimum Gasteiger partial charge on any atom is -0.493 e. The van der Waals surface area contributed by atoms with E-state index >= 15 is 0 Å². The van der Waals surface area contributed by atoms with E-state index in [9.17, 15) is 8.78 Å². The molecule has 0 amide bonds. The second-order valence-corrected chi connectivity index (χ2v) is 5.83. The van der Waals surface area contributed by atoms with Crippen LogP contribution in [-0.2, 0) is 11.3 Å². The van der Waals surface area contributed by atoms with Crippen molar-refractivity contribution in [1.82, 2.24) is 4.90 Å². The summed E-state index contributed by atoms with van der Waals surface area (Å²) in [4.78, 5) is 2.00. The molecule has 0 spiro atoms. The third-order valence-electron chi connectivity index (χ3n) is 3.35. The third-order valence-corrected chi connectivity index (χ3v) is 3.35. The first kappa shape index (κ1) is 16.2. The molecule has 5 heteroatoms. The molecule has 1 aliphatic rings. The first-order valence-corrected chi connectivity index (χ1v) is 7.38. The van der Waals surface area contributed by atoms with E-state index in [2.05, 4.69) is 13.8 Å². The van der Waals surface area contributed by atoms with E-state index in [-0.39, 0.29) is 6.54 Å². The van der Waals surface area contributed by atoms with Gasteiger partial charge in [0.05, 0.1) is 13.2 Å². The van der Waals surface area contributed by atoms with Crippen molar-refractivity contribution in [2.45, 2.75) is 32.9 Å². The van der Waals surface area contributed by atoms with Gasteiger partial charge in [0.1, 0.15) is 11.9 Å². The number of morpholine rings is 1. The van der Waals surface area contributed by atoms with Crippen molar-refractivity contribution in [3.8, 4) is 5.75 Å². The van der Waals surface area contributed by atoms with Crippen LogP contribution < -0.4 is 4.74 Å². The summed E-state index contributed by atoms with van der Waals surface area (Å²) in [6, 6.07) is 7.84. The summed E-state index contributed by atoms with van der Waals surface area (Å²) in [6.45, 7) is 6.83. The summed E-state index contributed by atoms with van der Waals surface area (Å²) >= 11 is 0. The van der Waals surface area contributed by atoms with Crippen LogP contribution in [0.5, 0.6) is 5.75 Å². The van der Waals surface area contributed by atoms with Gasteiger partial charge in [0.15, 0.2) is 0 Å². The van der Waals surface area contributed by atoms with E-state index in [0.29, 0.717) is 32.2 Å². The fraction of sp³-hybridized carbons (Fsp3) is 0.625. The van der Waals surface area contributed by atoms with E-state index < -0.39 is 12.5 Å². The molecule has 1 fully saturated rings. The first-order chi connectivity index (χ1) is 10.0. The maximum atomic E-state index is 12.7. The van der Waals surface area contributed by atoms with Crippen LogP contribution in [-0.4, -0.2) is 43.7 Å². The van der Waals surface area contributed by atoms with Gasteiger partial charge >= 0.3 is 0 Å². The van der Waals surface area contributed by atoms with Gasteiger partial charge in [-0.25, -0.2) is 8.78 Å². The summed E-state index contributed by atoms with van der Waals surface area (Å²) in [6.07, 6.45) is -3.40. The van der Waals surface area contributed by atoms with E-state index in [0.717, 1.165) is 11.3 Å². The highest BCUT2D eigenvalue weighted by atomic mass is 19.3. The van der Waals surface area contributed by atoms with Crippen LogP contribution in [0.25, 0.3) is 0 Å². The number of halogens is 2. The highest BCUT2D eigenvalue weighted by Crippen LogP contribution is 2.18. The Labute approximate surface area is 124 Å². The summed E-state index contributed by atoms with van der Waals surface area (Å²) in [7, 11) is 0. The average Bonchev–Trinajstić information content (AvgIpc) is 2.46. The number of rotatable bonds is 6. The Kier molecular flexibility index (Phi) is 5.94. The Morgan fingerprint density at radius 1 is 1.38 bits per heavy atom. The lowest BCUT2D eigenvalue weighted by Gasteiger charge is -2.32. The molecule has 118 valence electrons. The summed E-state index contributed by atoms with van der Waals surface area (Å²) < 4.78 is 36.2. The van der Waals surface area contributed by atoms with Gasteiger partial charge in [-0.3, -0.25) is 4.90 Å². The zero-order valence-electron chi connectivity index (χ0n) is 12.6. The minimum atomic E-state index is -2.42. The lowest BCUT2D eigenvalue weighted by molar-refractivity contribution is -0.104. The average molecular weight is 299 g/mol. The number of alkyl halides is 2. The van der Waals surface area contributed by atoms with E-state index in [1.165, 1.54) is 0 Å². The normalized spacial score (nSPS) is 20.2. The van der Waals surface area contributed by atoms with Gasteiger partial charge in [0, 0.05) is 19.6 Å². The number of benzene rings is 1. The third kappa shape index (κ3) is 5.25. The molecule has 1 atom stereocenters. The second-order valence-electron chi connectivity index (χ2n) is 5.83. The van der Waals surface area contributed by atoms with Crippen LogP contribution in [0.1, 0.15) is 19.4 Å². The molecule has 1 unspecified atom stereocenters. The van der Waals surface area contributed by atoms with Crippen molar-refractivity contribution < 1.29 is 18.3 Å². The summed E-state index contributed by atoms with van der Waals surface area (Å²) in [5.74, 6) is 1.31. The smallest absolute Gasteiger partial charge is 0.265 e. The van der Waals surface area contributed by atoms with Gasteiger partial charge in [0.2, 0.25) is 0 Å². The molecule has 0 N–H and O–H groups in total. The first-order valence-electron chi connectivity index (χ1n) is 7.38. The van der Waals surface area contributed by atoms with Crippen molar-refractivity contribution in [3.05, 3.63) is 29.8 Å². The SMILES string of the molecule is CC(C)COc1cccc(CN2CCOC(C(F)F)C2)c1. The Bertz CT molecular complexity index is 440. The molecular formula is C16H23F2NO2. The standard InChI is InChI=1S/C16H23F2NO2/c1-12(2)11-21-14-5-3-4-13(8-14)9-19-6-7-20-15(10-19)16(17)18/h3-5,8,12,15-16H,6-7,9-11H2,1-2H3. The number of nitrogens with zero attached hydrogens (tertiary/aromatic N) is 1. The molecule has 1 heterocycles. The minimum absolute atomic E-state index is 0.273. The summed E-state index contributed by atoms with van der Waals surface area (Å²) in [5, 5.41) is 0. The molecule has 21 heavy (non-hydrogen) atoms. The van der Waals surface area contributed by atoms with Crippen molar-refractivity contribution in [3.63, 3.8) is 0 Å². The zero-order chi connectivity index (χ0) is 15.2. The predicted molar refractivity (Wildman–Crippen MR) is 77.8 cm³/mol. The molecule has 0 aromatic heterocycles. The Hall–Kier alpha value is -1.20. The Morgan fingerprint density at radius 2 is 2.19 bits per heavy atom. The van der Waals surface area contributed by atoms with Gasteiger partial charge in [-0.15, -0.1) is 0 Å². The molecule has 1 saturated heterocycles.